The second kappa shape index (κ2) is 11.4. The van der Waals surface area contributed by atoms with Crippen molar-refractivity contribution in [1.29, 1.82) is 0 Å². The number of hydrogen-bond donors (Lipinski definition) is 0. The lowest BCUT2D eigenvalue weighted by Crippen LogP contribution is -2.40. The molecule has 4 unspecified atom stereocenters. The molecule has 3 aliphatic rings. The first-order valence-electron chi connectivity index (χ1n) is 13.1. The van der Waals surface area contributed by atoms with Crippen molar-refractivity contribution in [3.63, 3.8) is 0 Å². The maximum Gasteiger partial charge on any atom is 0.314 e. The van der Waals surface area contributed by atoms with Crippen LogP contribution in [-0.4, -0.2) is 13.1 Å². The molecular weight excluding hydrogens is 396 g/mol. The molecular formula is C29H42O3. The summed E-state index contributed by atoms with van der Waals surface area (Å²) in [6.45, 7) is 2.13. The summed E-state index contributed by atoms with van der Waals surface area (Å²) in [5, 5.41) is 0. The highest BCUT2D eigenvalue weighted by atomic mass is 16.5. The second-order valence-electron chi connectivity index (χ2n) is 10.6. The fourth-order valence-electron chi connectivity index (χ4n) is 7.00. The molecule has 176 valence electrons. The number of allylic oxidation sites excluding steroid dienone is 2. The third-order valence-electron chi connectivity index (χ3n) is 8.80. The number of methoxy groups -OCH3 is 1. The monoisotopic (exact) mass is 438 g/mol. The van der Waals surface area contributed by atoms with Crippen molar-refractivity contribution in [2.24, 2.45) is 35.5 Å². The van der Waals surface area contributed by atoms with Crippen molar-refractivity contribution in [3.05, 3.63) is 36.4 Å². The van der Waals surface area contributed by atoms with E-state index >= 15 is 0 Å². The first-order chi connectivity index (χ1) is 15.7. The Morgan fingerprint density at radius 2 is 1.62 bits per heavy atom. The van der Waals surface area contributed by atoms with Crippen LogP contribution < -0.4 is 9.47 Å². The van der Waals surface area contributed by atoms with Gasteiger partial charge in [-0.3, -0.25) is 4.79 Å². The van der Waals surface area contributed by atoms with Crippen molar-refractivity contribution < 1.29 is 14.3 Å². The summed E-state index contributed by atoms with van der Waals surface area (Å²) in [5.74, 6) is 5.52. The Bertz CT molecular complexity index is 744. The maximum atomic E-state index is 13.0. The van der Waals surface area contributed by atoms with E-state index in [0.29, 0.717) is 11.7 Å². The zero-order valence-electron chi connectivity index (χ0n) is 20.1. The lowest BCUT2D eigenvalue weighted by atomic mass is 9.59. The molecule has 0 amide bonds. The Morgan fingerprint density at radius 1 is 0.906 bits per heavy atom. The molecule has 3 aliphatic carbocycles. The van der Waals surface area contributed by atoms with E-state index in [9.17, 15) is 4.79 Å². The van der Waals surface area contributed by atoms with Crippen molar-refractivity contribution in [1.82, 2.24) is 0 Å². The van der Waals surface area contributed by atoms with Gasteiger partial charge in [0.05, 0.1) is 13.0 Å². The molecule has 0 heterocycles. The molecule has 0 aliphatic heterocycles. The fraction of sp³-hybridized carbons (Fsp3) is 0.690. The summed E-state index contributed by atoms with van der Waals surface area (Å²) >= 11 is 0. The van der Waals surface area contributed by atoms with Crippen LogP contribution in [0.4, 0.5) is 0 Å². The molecule has 3 saturated carbocycles. The standard InChI is InChI=1S/C29H42O3/c1-3-4-5-7-21-10-12-22(13-11-21)23-14-19-27-24(20-23)8-6-9-28(27)29(30)32-26-17-15-25(31-2)16-18-26/h3-4,15-18,21-24,27-28H,5-14,19-20H2,1-2H3/b4-3+. The predicted octanol–water partition coefficient (Wildman–Crippen LogP) is 7.60. The maximum absolute atomic E-state index is 13.0. The molecule has 0 spiro atoms. The Kier molecular flexibility index (Phi) is 8.32. The first kappa shape index (κ1) is 23.4. The SMILES string of the molecule is C/C=C/CCC1CCC(C2CCC3C(CCCC3C(=O)Oc3ccc(OC)cc3)C2)CC1. The van der Waals surface area contributed by atoms with E-state index in [1.807, 2.05) is 24.3 Å². The molecule has 0 N–H and O–H groups in total. The van der Waals surface area contributed by atoms with E-state index in [1.54, 1.807) is 7.11 Å². The van der Waals surface area contributed by atoms with E-state index in [0.717, 1.165) is 35.8 Å². The Hall–Kier alpha value is -1.77. The molecule has 0 saturated heterocycles. The smallest absolute Gasteiger partial charge is 0.314 e. The Morgan fingerprint density at radius 3 is 2.34 bits per heavy atom. The quantitative estimate of drug-likeness (QED) is 0.250. The van der Waals surface area contributed by atoms with Gasteiger partial charge in [-0.2, -0.15) is 0 Å². The molecule has 0 aromatic heterocycles. The molecule has 0 bridgehead atoms. The third kappa shape index (κ3) is 5.77. The van der Waals surface area contributed by atoms with Gasteiger partial charge in [0.1, 0.15) is 11.5 Å². The second-order valence-corrected chi connectivity index (χ2v) is 10.6. The zero-order chi connectivity index (χ0) is 22.3. The summed E-state index contributed by atoms with van der Waals surface area (Å²) in [6.07, 6.45) is 20.3. The number of carbonyl (C=O) groups excluding carboxylic acids is 1. The third-order valence-corrected chi connectivity index (χ3v) is 8.80. The van der Waals surface area contributed by atoms with E-state index < -0.39 is 0 Å². The topological polar surface area (TPSA) is 35.5 Å². The van der Waals surface area contributed by atoms with Crippen molar-refractivity contribution in [3.8, 4) is 11.5 Å². The minimum absolute atomic E-state index is 0.00930. The van der Waals surface area contributed by atoms with E-state index in [-0.39, 0.29) is 11.9 Å². The van der Waals surface area contributed by atoms with Crippen LogP contribution in [0.3, 0.4) is 0 Å². The first-order valence-corrected chi connectivity index (χ1v) is 13.1. The number of esters is 1. The summed E-state index contributed by atoms with van der Waals surface area (Å²) in [5.41, 5.74) is 0. The Balaban J connectivity index is 1.28. The van der Waals surface area contributed by atoms with E-state index in [1.165, 1.54) is 70.6 Å². The van der Waals surface area contributed by atoms with Gasteiger partial charge < -0.3 is 9.47 Å². The summed E-state index contributed by atoms with van der Waals surface area (Å²) < 4.78 is 11.0. The van der Waals surface area contributed by atoms with Gasteiger partial charge in [0.15, 0.2) is 0 Å². The van der Waals surface area contributed by atoms with Gasteiger partial charge >= 0.3 is 5.97 Å². The van der Waals surface area contributed by atoms with E-state index in [2.05, 4.69) is 19.1 Å². The molecule has 0 radical (unpaired) electrons. The van der Waals surface area contributed by atoms with Crippen molar-refractivity contribution in [2.45, 2.75) is 84.0 Å². The highest BCUT2D eigenvalue weighted by molar-refractivity contribution is 5.75. The fourth-order valence-corrected chi connectivity index (χ4v) is 7.00. The average Bonchev–Trinajstić information content (AvgIpc) is 2.84. The van der Waals surface area contributed by atoms with Gasteiger partial charge in [-0.05, 0) is 112 Å². The normalized spacial score (nSPS) is 32.9. The highest BCUT2D eigenvalue weighted by Crippen LogP contribution is 2.50. The number of ether oxygens (including phenoxy) is 2. The molecule has 3 heteroatoms. The molecule has 3 nitrogen and oxygen atoms in total. The number of benzene rings is 1. The van der Waals surface area contributed by atoms with Crippen LogP contribution in [0.1, 0.15) is 84.0 Å². The summed E-state index contributed by atoms with van der Waals surface area (Å²) in [7, 11) is 1.65. The molecule has 4 atom stereocenters. The highest BCUT2D eigenvalue weighted by Gasteiger charge is 2.43. The van der Waals surface area contributed by atoms with Crippen molar-refractivity contribution in [2.75, 3.05) is 7.11 Å². The minimum Gasteiger partial charge on any atom is -0.497 e. The summed E-state index contributed by atoms with van der Waals surface area (Å²) in [6, 6.07) is 7.38. The zero-order valence-corrected chi connectivity index (χ0v) is 20.1. The van der Waals surface area contributed by atoms with Crippen LogP contribution in [-0.2, 0) is 4.79 Å². The number of carbonyl (C=O) groups is 1. The Labute approximate surface area is 195 Å². The predicted molar refractivity (Wildman–Crippen MR) is 130 cm³/mol. The van der Waals surface area contributed by atoms with Gasteiger partial charge in [-0.1, -0.05) is 37.8 Å². The number of rotatable bonds is 7. The molecule has 1 aromatic rings. The van der Waals surface area contributed by atoms with Gasteiger partial charge in [0.25, 0.3) is 0 Å². The van der Waals surface area contributed by atoms with Gasteiger partial charge in [0, 0.05) is 0 Å². The van der Waals surface area contributed by atoms with Gasteiger partial charge in [0.2, 0.25) is 0 Å². The number of hydrogen-bond acceptors (Lipinski definition) is 3. The van der Waals surface area contributed by atoms with Crippen LogP contribution >= 0.6 is 0 Å². The molecule has 32 heavy (non-hydrogen) atoms. The minimum atomic E-state index is -0.00930. The molecule has 3 fully saturated rings. The average molecular weight is 439 g/mol. The van der Waals surface area contributed by atoms with Gasteiger partial charge in [-0.25, -0.2) is 0 Å². The lowest BCUT2D eigenvalue weighted by Gasteiger charge is -2.46. The van der Waals surface area contributed by atoms with Crippen LogP contribution in [0, 0.1) is 35.5 Å². The van der Waals surface area contributed by atoms with Crippen LogP contribution in [0.2, 0.25) is 0 Å². The van der Waals surface area contributed by atoms with Crippen LogP contribution in [0.15, 0.2) is 36.4 Å². The largest absolute Gasteiger partial charge is 0.497 e. The molecule has 4 rings (SSSR count). The van der Waals surface area contributed by atoms with Crippen LogP contribution in [0.25, 0.3) is 0 Å². The van der Waals surface area contributed by atoms with Crippen molar-refractivity contribution >= 4 is 5.97 Å². The lowest BCUT2D eigenvalue weighted by molar-refractivity contribution is -0.144. The van der Waals surface area contributed by atoms with E-state index in [4.69, 9.17) is 9.47 Å². The number of fused-ring (bicyclic) bond motifs is 1. The molecule has 1 aromatic carbocycles. The van der Waals surface area contributed by atoms with Gasteiger partial charge in [-0.15, -0.1) is 0 Å². The summed E-state index contributed by atoms with van der Waals surface area (Å²) in [4.78, 5) is 13.0. The van der Waals surface area contributed by atoms with Crippen LogP contribution in [0.5, 0.6) is 11.5 Å².